The molecule has 2 N–H and O–H groups in total. The van der Waals surface area contributed by atoms with Gasteiger partial charge in [-0.25, -0.2) is 4.98 Å². The molecule has 4 rings (SSSR count). The molecule has 0 aliphatic heterocycles. The number of aryl methyl sites for hydroxylation is 2. The number of H-pyrrole nitrogens is 1. The van der Waals surface area contributed by atoms with Crippen molar-refractivity contribution in [2.45, 2.75) is 57.7 Å². The van der Waals surface area contributed by atoms with E-state index in [0.29, 0.717) is 36.0 Å². The van der Waals surface area contributed by atoms with Gasteiger partial charge in [-0.15, -0.1) is 11.3 Å². The van der Waals surface area contributed by atoms with Crippen LogP contribution < -0.4 is 10.9 Å². The third-order valence-electron chi connectivity index (χ3n) is 6.00. The van der Waals surface area contributed by atoms with Crippen LogP contribution in [0.4, 0.5) is 5.69 Å². The molecule has 2 aromatic heterocycles. The van der Waals surface area contributed by atoms with Crippen LogP contribution in [0.2, 0.25) is 0 Å². The Kier molecular flexibility index (Phi) is 8.05. The van der Waals surface area contributed by atoms with Gasteiger partial charge in [0.2, 0.25) is 11.8 Å². The van der Waals surface area contributed by atoms with Crippen molar-refractivity contribution in [3.8, 4) is 0 Å². The van der Waals surface area contributed by atoms with Gasteiger partial charge in [0, 0.05) is 29.3 Å². The number of fused-ring (bicyclic) bond motifs is 3. The number of thioether (sulfide) groups is 1. The minimum Gasteiger partial charge on any atom is -0.331 e. The Morgan fingerprint density at radius 1 is 1.26 bits per heavy atom. The molecule has 1 unspecified atom stereocenters. The number of thiophene rings is 1. The minimum absolute atomic E-state index is 0.0448. The number of rotatable bonds is 10. The molecular formula is C25H30N4O3S2. The van der Waals surface area contributed by atoms with Gasteiger partial charge >= 0.3 is 0 Å². The zero-order chi connectivity index (χ0) is 24.1. The van der Waals surface area contributed by atoms with Crippen LogP contribution in [0.3, 0.4) is 0 Å². The summed E-state index contributed by atoms with van der Waals surface area (Å²) in [6.45, 7) is 4.29. The van der Waals surface area contributed by atoms with Gasteiger partial charge in [0.15, 0.2) is 0 Å². The second-order valence-electron chi connectivity index (χ2n) is 8.47. The van der Waals surface area contributed by atoms with Crippen molar-refractivity contribution < 1.29 is 9.59 Å². The lowest BCUT2D eigenvalue weighted by Crippen LogP contribution is -2.46. The predicted molar refractivity (Wildman–Crippen MR) is 140 cm³/mol. The highest BCUT2D eigenvalue weighted by atomic mass is 32.2. The van der Waals surface area contributed by atoms with Crippen molar-refractivity contribution in [1.29, 1.82) is 0 Å². The summed E-state index contributed by atoms with van der Waals surface area (Å²) in [5.41, 5.74) is 1.84. The highest BCUT2D eigenvalue weighted by Gasteiger charge is 2.25. The molecule has 180 valence electrons. The lowest BCUT2D eigenvalue weighted by molar-refractivity contribution is -0.137. The molecule has 1 aromatic carbocycles. The molecule has 0 saturated heterocycles. The van der Waals surface area contributed by atoms with Crippen LogP contribution in [0.15, 0.2) is 35.1 Å². The number of para-hydroxylation sites is 1. The van der Waals surface area contributed by atoms with Crippen molar-refractivity contribution in [3.05, 3.63) is 57.0 Å². The number of hydrogen-bond acceptors (Lipinski definition) is 6. The summed E-state index contributed by atoms with van der Waals surface area (Å²) in [7, 11) is 0. The van der Waals surface area contributed by atoms with E-state index in [1.807, 2.05) is 37.3 Å². The summed E-state index contributed by atoms with van der Waals surface area (Å²) >= 11 is 3.20. The summed E-state index contributed by atoms with van der Waals surface area (Å²) in [5, 5.41) is 3.64. The lowest BCUT2D eigenvalue weighted by Gasteiger charge is -2.28. The van der Waals surface area contributed by atoms with E-state index in [4.69, 9.17) is 0 Å². The SMILES string of the molecule is CCCN(C(=O)CCSCc1nc2sc3c(c2c(=O)[nH]1)CCC3)C(C)C(=O)Nc1ccccc1. The van der Waals surface area contributed by atoms with Crippen molar-refractivity contribution >= 4 is 50.8 Å². The number of anilines is 1. The largest absolute Gasteiger partial charge is 0.331 e. The Hall–Kier alpha value is -2.65. The normalized spacial score (nSPS) is 13.6. The standard InChI is InChI=1S/C25H30N4O3S2/c1-3-13-29(16(2)23(31)26-17-8-5-4-6-9-17)21(30)12-14-33-15-20-27-24(32)22-18-10-7-11-19(18)34-25(22)28-20/h4-6,8-9,16H,3,7,10-15H2,1-2H3,(H,26,31)(H,27,28,32). The third-order valence-corrected chi connectivity index (χ3v) is 8.15. The Morgan fingerprint density at radius 2 is 2.06 bits per heavy atom. The lowest BCUT2D eigenvalue weighted by atomic mass is 10.2. The first-order valence-electron chi connectivity index (χ1n) is 11.7. The fraction of sp³-hybridized carbons (Fsp3) is 0.440. The number of aromatic amines is 1. The zero-order valence-corrected chi connectivity index (χ0v) is 21.2. The average molecular weight is 499 g/mol. The summed E-state index contributed by atoms with van der Waals surface area (Å²) in [4.78, 5) is 49.6. The van der Waals surface area contributed by atoms with Gasteiger partial charge in [-0.05, 0) is 50.3 Å². The van der Waals surface area contributed by atoms with Gasteiger partial charge in [-0.3, -0.25) is 14.4 Å². The Labute approximate surface area is 207 Å². The molecule has 2 amide bonds. The number of aromatic nitrogens is 2. The van der Waals surface area contributed by atoms with E-state index >= 15 is 0 Å². The molecule has 1 aliphatic rings. The van der Waals surface area contributed by atoms with E-state index in [9.17, 15) is 14.4 Å². The molecule has 0 radical (unpaired) electrons. The number of amides is 2. The fourth-order valence-electron chi connectivity index (χ4n) is 4.27. The number of nitrogens with zero attached hydrogens (tertiary/aromatic N) is 2. The van der Waals surface area contributed by atoms with Crippen molar-refractivity contribution in [2.75, 3.05) is 17.6 Å². The van der Waals surface area contributed by atoms with E-state index in [2.05, 4.69) is 15.3 Å². The fourth-order valence-corrected chi connectivity index (χ4v) is 6.35. The van der Waals surface area contributed by atoms with E-state index in [0.717, 1.165) is 35.9 Å². The second-order valence-corrected chi connectivity index (χ2v) is 10.7. The first-order chi connectivity index (χ1) is 16.5. The van der Waals surface area contributed by atoms with Crippen LogP contribution in [-0.2, 0) is 28.2 Å². The first kappa shape index (κ1) is 24.5. The predicted octanol–water partition coefficient (Wildman–Crippen LogP) is 4.36. The summed E-state index contributed by atoms with van der Waals surface area (Å²) < 4.78 is 0. The van der Waals surface area contributed by atoms with Crippen LogP contribution in [-0.4, -0.2) is 45.0 Å². The molecule has 1 atom stereocenters. The van der Waals surface area contributed by atoms with Gasteiger partial charge in [0.25, 0.3) is 5.56 Å². The molecule has 7 nitrogen and oxygen atoms in total. The van der Waals surface area contributed by atoms with Crippen LogP contribution >= 0.6 is 23.1 Å². The van der Waals surface area contributed by atoms with Crippen molar-refractivity contribution in [2.24, 2.45) is 0 Å². The van der Waals surface area contributed by atoms with Gasteiger partial charge in [-0.1, -0.05) is 25.1 Å². The molecular weight excluding hydrogens is 468 g/mol. The molecule has 34 heavy (non-hydrogen) atoms. The van der Waals surface area contributed by atoms with Crippen LogP contribution in [0, 0.1) is 0 Å². The topological polar surface area (TPSA) is 95.2 Å². The van der Waals surface area contributed by atoms with Crippen LogP contribution in [0.25, 0.3) is 10.2 Å². The maximum absolute atomic E-state index is 12.9. The van der Waals surface area contributed by atoms with Gasteiger partial charge < -0.3 is 15.2 Å². The van der Waals surface area contributed by atoms with Gasteiger partial charge in [-0.2, -0.15) is 11.8 Å². The van der Waals surface area contributed by atoms with Crippen LogP contribution in [0.5, 0.6) is 0 Å². The van der Waals surface area contributed by atoms with Crippen LogP contribution in [0.1, 0.15) is 49.4 Å². The first-order valence-corrected chi connectivity index (χ1v) is 13.7. The maximum Gasteiger partial charge on any atom is 0.259 e. The maximum atomic E-state index is 12.9. The van der Waals surface area contributed by atoms with Gasteiger partial charge in [0.05, 0.1) is 11.1 Å². The molecule has 3 aromatic rings. The summed E-state index contributed by atoms with van der Waals surface area (Å²) in [6.07, 6.45) is 4.22. The second kappa shape index (κ2) is 11.2. The highest BCUT2D eigenvalue weighted by Crippen LogP contribution is 2.34. The molecule has 0 spiro atoms. The smallest absolute Gasteiger partial charge is 0.259 e. The summed E-state index contributed by atoms with van der Waals surface area (Å²) in [6, 6.07) is 8.70. The number of hydrogen-bond donors (Lipinski definition) is 2. The van der Waals surface area contributed by atoms with E-state index in [-0.39, 0.29) is 17.4 Å². The molecule has 2 heterocycles. The Bertz CT molecular complexity index is 1220. The van der Waals surface area contributed by atoms with Gasteiger partial charge in [0.1, 0.15) is 16.7 Å². The number of carbonyl (C=O) groups is 2. The quantitative estimate of drug-likeness (QED) is 0.405. The monoisotopic (exact) mass is 498 g/mol. The zero-order valence-electron chi connectivity index (χ0n) is 19.6. The van der Waals surface area contributed by atoms with E-state index in [1.165, 1.54) is 10.4 Å². The molecule has 9 heteroatoms. The number of benzene rings is 1. The third kappa shape index (κ3) is 5.52. The van der Waals surface area contributed by atoms with E-state index < -0.39 is 6.04 Å². The molecule has 0 fully saturated rings. The number of nitrogens with one attached hydrogen (secondary N) is 2. The number of carbonyl (C=O) groups excluding carboxylic acids is 2. The summed E-state index contributed by atoms with van der Waals surface area (Å²) in [5.74, 6) is 1.54. The molecule has 1 aliphatic carbocycles. The Balaban J connectivity index is 1.31. The molecule has 0 bridgehead atoms. The van der Waals surface area contributed by atoms with E-state index in [1.54, 1.807) is 34.9 Å². The minimum atomic E-state index is -0.557. The van der Waals surface area contributed by atoms with Crippen molar-refractivity contribution in [1.82, 2.24) is 14.9 Å². The average Bonchev–Trinajstić information content (AvgIpc) is 3.41. The molecule has 0 saturated carbocycles. The Morgan fingerprint density at radius 3 is 2.82 bits per heavy atom. The van der Waals surface area contributed by atoms with Crippen molar-refractivity contribution in [3.63, 3.8) is 0 Å². The highest BCUT2D eigenvalue weighted by molar-refractivity contribution is 7.98.